The van der Waals surface area contributed by atoms with E-state index in [9.17, 15) is 0 Å². The minimum absolute atomic E-state index is 0.111. The molecule has 6 aliphatic heterocycles. The Morgan fingerprint density at radius 3 is 1.44 bits per heavy atom. The number of ether oxygens (including phenoxy) is 1. The third-order valence-corrected chi connectivity index (χ3v) is 22.2. The zero-order valence-corrected chi connectivity index (χ0v) is 56.4. The predicted molar refractivity (Wildman–Crippen MR) is 413 cm³/mol. The molecule has 0 amide bonds. The smallest absolute Gasteiger partial charge is 0.139 e. The van der Waals surface area contributed by atoms with Gasteiger partial charge in [-0.2, -0.15) is 0 Å². The van der Waals surface area contributed by atoms with Crippen LogP contribution in [0.5, 0.6) is 11.5 Å². The predicted octanol–water partition coefficient (Wildman–Crippen LogP) is 12.4. The number of allylic oxidation sites excluding steroid dienone is 4. The van der Waals surface area contributed by atoms with E-state index in [-0.39, 0.29) is 10.8 Å². The maximum Gasteiger partial charge on any atom is 0.139 e. The van der Waals surface area contributed by atoms with Gasteiger partial charge >= 0.3 is 0 Å². The highest BCUT2D eigenvalue weighted by atomic mass is 16.5. The van der Waals surface area contributed by atoms with Gasteiger partial charge in [0, 0.05) is 27.9 Å². The van der Waals surface area contributed by atoms with E-state index >= 15 is 0 Å². The maximum absolute atomic E-state index is 8.28. The van der Waals surface area contributed by atoms with Crippen molar-refractivity contribution in [2.24, 2.45) is 5.73 Å². The number of hydrogen-bond donors (Lipinski definition) is 1. The van der Waals surface area contributed by atoms with E-state index in [0.29, 0.717) is 5.82 Å². The summed E-state index contributed by atoms with van der Waals surface area (Å²) in [5.41, 5.74) is 39.8. The van der Waals surface area contributed by atoms with Gasteiger partial charge in [0.15, 0.2) is 0 Å². The molecule has 0 aromatic heterocycles. The summed E-state index contributed by atoms with van der Waals surface area (Å²) >= 11 is 0. The largest absolute Gasteiger partial charge is 0.457 e. The van der Waals surface area contributed by atoms with Crippen LogP contribution in [0.25, 0.3) is 27.8 Å². The Balaban J connectivity index is 1.05. The minimum atomic E-state index is -1.04. The molecule has 17 rings (SSSR count). The summed E-state index contributed by atoms with van der Waals surface area (Å²) in [6.45, 7) is 16.3. The minimum Gasteiger partial charge on any atom is -0.457 e. The highest BCUT2D eigenvalue weighted by molar-refractivity contribution is 6.68. The van der Waals surface area contributed by atoms with Crippen LogP contribution in [0.1, 0.15) is 98.5 Å². The average Bonchev–Trinajstić information content (AvgIpc) is 1.63. The summed E-state index contributed by atoms with van der Waals surface area (Å²) in [4.78, 5) is 10.4. The van der Waals surface area contributed by atoms with Crippen molar-refractivity contribution in [3.63, 3.8) is 0 Å². The van der Waals surface area contributed by atoms with Crippen LogP contribution in [0.3, 0.4) is 0 Å². The van der Waals surface area contributed by atoms with Gasteiger partial charge in [-0.3, -0.25) is 4.90 Å². The Morgan fingerprint density at radius 2 is 0.895 bits per heavy atom. The zero-order valence-electron chi connectivity index (χ0n) is 56.4. The summed E-state index contributed by atoms with van der Waals surface area (Å²) in [6.07, 6.45) is 6.90. The number of para-hydroxylation sites is 6. The summed E-state index contributed by atoms with van der Waals surface area (Å²) in [5, 5.41) is 0. The molecule has 0 fully saturated rings. The standard InChI is InChI=1S/C84H74B5N5O/c1-48-44-69(90)93-63-35-19-16-32-59(63)84(57-30-14-17-33-61(57)91(62-34-18-15-31-58(62)84)53-46-51(81(2,3)4)45-52(47-53)82(5,6)7)60-40-41-68-72(79(60)93)83(43-42-54(48)70-73(85)75(87)77(89)76(88)74(70)86)71-66(38-23-39-67(71)95-68)92-64-36-20-21-37-65(64)94(80(83)92)78-55(49-24-10-8-11-25-49)28-22-29-56(78)50-26-12-9-13-27-50/h8-47,80H,85-90H2,1-7H3/b43-42+,54-48-,69-44+. The van der Waals surface area contributed by atoms with Crippen molar-refractivity contribution in [3.8, 4) is 33.8 Å². The van der Waals surface area contributed by atoms with Crippen molar-refractivity contribution in [1.29, 1.82) is 0 Å². The van der Waals surface area contributed by atoms with Gasteiger partial charge in [0.2, 0.25) is 0 Å². The second kappa shape index (κ2) is 20.9. The van der Waals surface area contributed by atoms with Gasteiger partial charge in [-0.15, -0.1) is 16.4 Å². The first kappa shape index (κ1) is 58.6. The number of hydrogen-bond acceptors (Lipinski definition) is 6. The number of nitrogens with zero attached hydrogens (tertiary/aromatic N) is 4. The van der Waals surface area contributed by atoms with E-state index in [4.69, 9.17) is 10.5 Å². The Hall–Kier alpha value is -10.2. The zero-order chi connectivity index (χ0) is 65.4. The highest BCUT2D eigenvalue weighted by Gasteiger charge is 2.65. The van der Waals surface area contributed by atoms with Crippen molar-refractivity contribution in [3.05, 3.63) is 304 Å². The van der Waals surface area contributed by atoms with Crippen LogP contribution < -0.4 is 57.4 Å². The third kappa shape index (κ3) is 8.11. The second-order valence-electron chi connectivity index (χ2n) is 29.2. The van der Waals surface area contributed by atoms with E-state index in [2.05, 4.69) is 350 Å². The van der Waals surface area contributed by atoms with E-state index in [1.807, 2.05) is 0 Å². The summed E-state index contributed by atoms with van der Waals surface area (Å²) in [5.74, 6) is 2.23. The fourth-order valence-electron chi connectivity index (χ4n) is 17.4. The Labute approximate surface area is 564 Å². The monoisotopic (exact) mass is 1220 g/mol. The molecule has 2 atom stereocenters. The first-order chi connectivity index (χ1) is 45.8. The van der Waals surface area contributed by atoms with Crippen LogP contribution >= 0.6 is 0 Å². The number of fused-ring (bicyclic) bond motifs is 12. The fraction of sp³-hybridized carbons (Fsp3) is 0.143. The quantitative estimate of drug-likeness (QED) is 0.173. The molecule has 0 radical (unpaired) electrons. The molecule has 95 heavy (non-hydrogen) atoms. The van der Waals surface area contributed by atoms with Crippen LogP contribution in [0.2, 0.25) is 0 Å². The molecule has 11 aromatic carbocycles. The molecule has 6 nitrogen and oxygen atoms in total. The topological polar surface area (TPSA) is 48.2 Å². The molecule has 0 saturated carbocycles. The maximum atomic E-state index is 8.28. The lowest BCUT2D eigenvalue weighted by Gasteiger charge is -2.53. The molecule has 456 valence electrons. The molecule has 2 unspecified atom stereocenters. The van der Waals surface area contributed by atoms with E-state index in [0.717, 1.165) is 118 Å². The average molecular weight is 1220 g/mol. The van der Waals surface area contributed by atoms with Gasteiger partial charge in [-0.25, -0.2) is 0 Å². The first-order valence-corrected chi connectivity index (χ1v) is 33.7. The molecule has 0 aliphatic carbocycles. The van der Waals surface area contributed by atoms with Crippen molar-refractivity contribution in [2.45, 2.75) is 76.3 Å². The molecule has 11 aromatic rings. The number of nitrogens with two attached hydrogens (primary N) is 1. The van der Waals surface area contributed by atoms with Crippen molar-refractivity contribution in [1.82, 2.24) is 0 Å². The molecule has 6 aliphatic rings. The van der Waals surface area contributed by atoms with Gasteiger partial charge in [-0.05, 0) is 146 Å². The van der Waals surface area contributed by atoms with Crippen molar-refractivity contribution in [2.75, 3.05) is 19.6 Å². The van der Waals surface area contributed by atoms with Crippen LogP contribution in [0, 0.1) is 0 Å². The third-order valence-electron chi connectivity index (χ3n) is 22.2. The Morgan fingerprint density at radius 1 is 0.432 bits per heavy atom. The lowest BCUT2D eigenvalue weighted by Crippen LogP contribution is -2.56. The molecule has 0 bridgehead atoms. The van der Waals surface area contributed by atoms with Crippen molar-refractivity contribution >= 4 is 123 Å². The molecule has 6 heterocycles. The number of benzene rings is 11. The number of anilines is 9. The normalized spacial score (nSPS) is 19.1. The molecule has 2 spiro atoms. The molecule has 0 saturated heterocycles. The van der Waals surface area contributed by atoms with E-state index < -0.39 is 17.0 Å². The molecular formula is C84H74B5N5O. The second-order valence-corrected chi connectivity index (χ2v) is 29.2. The van der Waals surface area contributed by atoms with Crippen LogP contribution in [-0.4, -0.2) is 45.4 Å². The van der Waals surface area contributed by atoms with E-state index in [1.165, 1.54) is 55.1 Å². The molecular weight excluding hydrogens is 1150 g/mol. The highest BCUT2D eigenvalue weighted by Crippen LogP contribution is 2.72. The SMILES string of the molecule is Bc1c(B)c(B)c(C2=C(C)\C=C(/N)N3c4ccccc4C4(c5ccccc5N(c5cc(C(C)(C)C)cc(C(C)(C)C)c5)c5ccccc54)c4ccc5c(c43)C3(\C=C\2)c2c(cccc2N2c4ccccc4N(c4c(-c6ccccc6)cccc4-c4ccccc4)C23)O5)c(B)c1B. The first-order valence-electron chi connectivity index (χ1n) is 33.7. The van der Waals surface area contributed by atoms with Gasteiger partial charge in [-0.1, -0.05) is 228 Å². The lowest BCUT2D eigenvalue weighted by atomic mass is 9.58. The van der Waals surface area contributed by atoms with Crippen LogP contribution in [0.4, 0.5) is 51.2 Å². The van der Waals surface area contributed by atoms with Gasteiger partial charge in [0.05, 0.1) is 56.3 Å². The lowest BCUT2D eigenvalue weighted by molar-refractivity contribution is 0.409. The van der Waals surface area contributed by atoms with Crippen molar-refractivity contribution < 1.29 is 4.74 Å². The van der Waals surface area contributed by atoms with Crippen LogP contribution in [-0.2, 0) is 21.7 Å². The van der Waals surface area contributed by atoms with Crippen LogP contribution in [0.15, 0.2) is 254 Å². The molecule has 2 N–H and O–H groups in total. The van der Waals surface area contributed by atoms with Gasteiger partial charge < -0.3 is 25.2 Å². The fourth-order valence-corrected chi connectivity index (χ4v) is 17.4. The summed E-state index contributed by atoms with van der Waals surface area (Å²) < 4.78 is 7.75. The van der Waals surface area contributed by atoms with Gasteiger partial charge in [0.1, 0.15) is 62.7 Å². The number of rotatable bonds is 5. The van der Waals surface area contributed by atoms with Gasteiger partial charge in [0.25, 0.3) is 0 Å². The Bertz CT molecular complexity index is 5050. The Kier molecular flexibility index (Phi) is 12.9. The summed E-state index contributed by atoms with van der Waals surface area (Å²) in [7, 11) is 11.5. The molecule has 11 heteroatoms. The summed E-state index contributed by atoms with van der Waals surface area (Å²) in [6, 6.07) is 84.3. The van der Waals surface area contributed by atoms with E-state index in [1.54, 1.807) is 0 Å².